The molecule has 2 aliphatic rings. The van der Waals surface area contributed by atoms with Crippen LogP contribution in [0.4, 0.5) is 5.82 Å². The number of rotatable bonds is 7. The van der Waals surface area contributed by atoms with Gasteiger partial charge in [0.15, 0.2) is 0 Å². The minimum atomic E-state index is 0.373. The molecule has 0 bridgehead atoms. The van der Waals surface area contributed by atoms with Gasteiger partial charge in [0.2, 0.25) is 0 Å². The largest absolute Gasteiger partial charge is 0.457 e. The van der Waals surface area contributed by atoms with Crippen LogP contribution in [0.15, 0.2) is 72.1 Å². The molecule has 0 saturated heterocycles. The fourth-order valence-corrected chi connectivity index (χ4v) is 5.15. The number of para-hydroxylation sites is 1. The molecule has 0 amide bonds. The molecule has 2 aromatic carbocycles. The van der Waals surface area contributed by atoms with Gasteiger partial charge < -0.3 is 25.8 Å². The second kappa shape index (κ2) is 9.96. The monoisotopic (exact) mass is 482 g/mol. The van der Waals surface area contributed by atoms with E-state index in [0.29, 0.717) is 24.6 Å². The van der Waals surface area contributed by atoms with Crippen molar-refractivity contribution in [2.24, 2.45) is 4.99 Å². The molecule has 184 valence electrons. The number of benzene rings is 2. The molecule has 0 unspecified atom stereocenters. The number of nitrogens with one attached hydrogen (secondary N) is 3. The molecule has 1 aliphatic heterocycles. The van der Waals surface area contributed by atoms with Gasteiger partial charge in [-0.3, -0.25) is 4.99 Å². The Bertz CT molecular complexity index is 1360. The summed E-state index contributed by atoms with van der Waals surface area (Å²) in [5.41, 5.74) is 15.5. The molecule has 0 radical (unpaired) electrons. The van der Waals surface area contributed by atoms with Gasteiger partial charge in [-0.25, -0.2) is 15.4 Å². The van der Waals surface area contributed by atoms with Gasteiger partial charge in [-0.05, 0) is 55.5 Å². The highest BCUT2D eigenvalue weighted by Crippen LogP contribution is 2.38. The highest BCUT2D eigenvalue weighted by molar-refractivity contribution is 6.00. The number of nitrogen functional groups attached to an aromatic ring is 1. The highest BCUT2D eigenvalue weighted by Gasteiger charge is 2.26. The lowest BCUT2D eigenvalue weighted by Gasteiger charge is -2.30. The summed E-state index contributed by atoms with van der Waals surface area (Å²) in [6.07, 6.45) is 8.12. The Morgan fingerprint density at radius 3 is 2.50 bits per heavy atom. The van der Waals surface area contributed by atoms with Crippen molar-refractivity contribution in [3.05, 3.63) is 67.1 Å². The molecule has 3 heterocycles. The van der Waals surface area contributed by atoms with Crippen molar-refractivity contribution in [1.29, 1.82) is 0 Å². The topological polar surface area (TPSA) is 114 Å². The number of hydrogen-bond donors (Lipinski definition) is 4. The molecule has 0 spiro atoms. The van der Waals surface area contributed by atoms with E-state index in [1.807, 2.05) is 42.5 Å². The summed E-state index contributed by atoms with van der Waals surface area (Å²) < 4.78 is 8.27. The number of nitrogens with zero attached hydrogens (tertiary/aromatic N) is 4. The van der Waals surface area contributed by atoms with Crippen molar-refractivity contribution >= 4 is 22.7 Å². The third-order valence-corrected chi connectivity index (χ3v) is 7.01. The van der Waals surface area contributed by atoms with E-state index in [9.17, 15) is 0 Å². The van der Waals surface area contributed by atoms with Crippen LogP contribution < -0.4 is 26.6 Å². The fraction of sp³-hybridized carbons (Fsp3) is 0.296. The van der Waals surface area contributed by atoms with Crippen LogP contribution in [-0.2, 0) is 0 Å². The molecule has 36 heavy (non-hydrogen) atoms. The second-order valence-corrected chi connectivity index (χ2v) is 9.30. The molecular formula is C27H30N8O. The van der Waals surface area contributed by atoms with E-state index in [1.54, 1.807) is 6.33 Å². The Kier molecular flexibility index (Phi) is 6.23. The molecule has 1 fully saturated rings. The summed E-state index contributed by atoms with van der Waals surface area (Å²) >= 11 is 0. The fourth-order valence-electron chi connectivity index (χ4n) is 5.15. The van der Waals surface area contributed by atoms with Crippen molar-refractivity contribution in [3.63, 3.8) is 0 Å². The number of anilines is 1. The van der Waals surface area contributed by atoms with Gasteiger partial charge in [-0.2, -0.15) is 0 Å². The second-order valence-electron chi connectivity index (χ2n) is 9.30. The third-order valence-electron chi connectivity index (χ3n) is 7.01. The first-order valence-corrected chi connectivity index (χ1v) is 12.4. The van der Waals surface area contributed by atoms with Crippen molar-refractivity contribution in [3.8, 4) is 22.6 Å². The number of aromatic nitrogens is 3. The quantitative estimate of drug-likeness (QED) is 0.315. The van der Waals surface area contributed by atoms with Crippen LogP contribution in [0, 0.1) is 0 Å². The van der Waals surface area contributed by atoms with E-state index >= 15 is 0 Å². The van der Waals surface area contributed by atoms with E-state index in [1.165, 1.54) is 0 Å². The third kappa shape index (κ3) is 4.62. The molecule has 5 N–H and O–H groups in total. The van der Waals surface area contributed by atoms with Crippen LogP contribution >= 0.6 is 0 Å². The summed E-state index contributed by atoms with van der Waals surface area (Å²) in [6, 6.07) is 18.8. The first kappa shape index (κ1) is 22.5. The van der Waals surface area contributed by atoms with Gasteiger partial charge >= 0.3 is 0 Å². The lowest BCUT2D eigenvalue weighted by Crippen LogP contribution is -2.41. The predicted molar refractivity (Wildman–Crippen MR) is 142 cm³/mol. The summed E-state index contributed by atoms with van der Waals surface area (Å²) in [7, 11) is 0. The normalized spacial score (nSPS) is 19.7. The van der Waals surface area contributed by atoms with Crippen molar-refractivity contribution in [2.45, 2.75) is 37.8 Å². The van der Waals surface area contributed by atoms with Gasteiger partial charge in [-0.15, -0.1) is 0 Å². The van der Waals surface area contributed by atoms with Crippen LogP contribution in [0.2, 0.25) is 0 Å². The lowest BCUT2D eigenvalue weighted by molar-refractivity contribution is 0.301. The summed E-state index contributed by atoms with van der Waals surface area (Å²) in [4.78, 5) is 13.3. The SMILES string of the molecule is Nc1ncnc2c1c(-c1ccc(Oc3ccccc3)cc1)cn2C1CCC(NCC2=NCNN2)CC1. The maximum atomic E-state index is 6.37. The van der Waals surface area contributed by atoms with Crippen LogP contribution in [0.3, 0.4) is 0 Å². The van der Waals surface area contributed by atoms with E-state index in [2.05, 4.69) is 54.0 Å². The van der Waals surface area contributed by atoms with Crippen molar-refractivity contribution < 1.29 is 4.74 Å². The van der Waals surface area contributed by atoms with Gasteiger partial charge in [0.1, 0.15) is 41.8 Å². The zero-order valence-electron chi connectivity index (χ0n) is 20.0. The van der Waals surface area contributed by atoms with Crippen LogP contribution in [0.5, 0.6) is 11.5 Å². The summed E-state index contributed by atoms with van der Waals surface area (Å²) in [5, 5.41) is 4.54. The minimum absolute atomic E-state index is 0.373. The van der Waals surface area contributed by atoms with E-state index < -0.39 is 0 Å². The maximum Gasteiger partial charge on any atom is 0.146 e. The number of hydrogen-bond acceptors (Lipinski definition) is 8. The predicted octanol–water partition coefficient (Wildman–Crippen LogP) is 4.01. The molecule has 1 saturated carbocycles. The minimum Gasteiger partial charge on any atom is -0.457 e. The molecule has 9 nitrogen and oxygen atoms in total. The number of amidine groups is 1. The number of ether oxygens (including phenoxy) is 1. The Morgan fingerprint density at radius 2 is 1.75 bits per heavy atom. The maximum absolute atomic E-state index is 6.37. The van der Waals surface area contributed by atoms with Crippen LogP contribution in [-0.4, -0.2) is 39.6 Å². The molecule has 0 atom stereocenters. The smallest absolute Gasteiger partial charge is 0.146 e. The zero-order chi connectivity index (χ0) is 24.3. The number of hydrazine groups is 1. The lowest BCUT2D eigenvalue weighted by atomic mass is 9.91. The van der Waals surface area contributed by atoms with Crippen LogP contribution in [0.25, 0.3) is 22.2 Å². The van der Waals surface area contributed by atoms with Crippen molar-refractivity contribution in [1.82, 2.24) is 30.7 Å². The summed E-state index contributed by atoms with van der Waals surface area (Å²) in [6.45, 7) is 1.41. The molecule has 1 aliphatic carbocycles. The molecule has 2 aromatic heterocycles. The Hall–Kier alpha value is -3.95. The Morgan fingerprint density at radius 1 is 0.972 bits per heavy atom. The average molecular weight is 483 g/mol. The number of aliphatic imine (C=N–C) groups is 1. The molecule has 6 rings (SSSR count). The first-order chi connectivity index (χ1) is 17.7. The standard InChI is InChI=1S/C27H30N8O/c28-26-25-23(18-6-12-22(13-7-18)36-21-4-2-1-3-5-21)15-35(27(25)32-16-31-26)20-10-8-19(9-11-20)29-14-24-30-17-33-34-24/h1-7,12-13,15-16,19-20,29,33H,8-11,14,17H2,(H,30,34)(H2,28,31,32). The van der Waals surface area contributed by atoms with E-state index in [0.717, 1.165) is 71.7 Å². The zero-order valence-corrected chi connectivity index (χ0v) is 20.0. The van der Waals surface area contributed by atoms with E-state index in [4.69, 9.17) is 10.5 Å². The number of nitrogens with two attached hydrogens (primary N) is 1. The Labute approximate surface area is 209 Å². The van der Waals surface area contributed by atoms with Gasteiger partial charge in [0.05, 0.1) is 11.9 Å². The average Bonchev–Trinajstić information content (AvgIpc) is 3.58. The number of fused-ring (bicyclic) bond motifs is 1. The summed E-state index contributed by atoms with van der Waals surface area (Å²) in [5.74, 6) is 3.09. The van der Waals surface area contributed by atoms with Crippen LogP contribution in [0.1, 0.15) is 31.7 Å². The van der Waals surface area contributed by atoms with Crippen molar-refractivity contribution in [2.75, 3.05) is 18.9 Å². The van der Waals surface area contributed by atoms with Gasteiger partial charge in [0.25, 0.3) is 0 Å². The Balaban J connectivity index is 1.21. The van der Waals surface area contributed by atoms with Gasteiger partial charge in [0, 0.05) is 23.8 Å². The first-order valence-electron chi connectivity index (χ1n) is 12.4. The highest BCUT2D eigenvalue weighted by atomic mass is 16.5. The van der Waals surface area contributed by atoms with Gasteiger partial charge in [-0.1, -0.05) is 30.3 Å². The molecule has 9 heteroatoms. The molecular weight excluding hydrogens is 452 g/mol. The van der Waals surface area contributed by atoms with E-state index in [-0.39, 0.29) is 0 Å². The molecule has 4 aromatic rings.